The van der Waals surface area contributed by atoms with E-state index in [1.54, 1.807) is 6.92 Å². The Morgan fingerprint density at radius 2 is 1.65 bits per heavy atom. The summed E-state index contributed by atoms with van der Waals surface area (Å²) in [5.41, 5.74) is 0.748. The number of benzene rings is 1. The van der Waals surface area contributed by atoms with Gasteiger partial charge in [0.25, 0.3) is 0 Å². The van der Waals surface area contributed by atoms with Crippen LogP contribution in [0.3, 0.4) is 0 Å². The number of hydrogen-bond donors (Lipinski definition) is 0. The van der Waals surface area contributed by atoms with Crippen molar-refractivity contribution in [3.05, 3.63) is 29.8 Å². The highest BCUT2D eigenvalue weighted by atomic mass is 16.5. The lowest BCUT2D eigenvalue weighted by Crippen LogP contribution is -2.15. The van der Waals surface area contributed by atoms with Gasteiger partial charge in [-0.25, -0.2) is 0 Å². The van der Waals surface area contributed by atoms with E-state index in [9.17, 15) is 4.79 Å². The lowest BCUT2D eigenvalue weighted by molar-refractivity contribution is 0.101. The summed E-state index contributed by atoms with van der Waals surface area (Å²) in [6.07, 6.45) is 7.90. The van der Waals surface area contributed by atoms with Gasteiger partial charge in [0.05, 0.1) is 6.10 Å². The Morgan fingerprint density at radius 3 is 2.18 bits per heavy atom. The summed E-state index contributed by atoms with van der Waals surface area (Å²) in [7, 11) is 0. The number of ether oxygens (including phenoxy) is 1. The van der Waals surface area contributed by atoms with Gasteiger partial charge in [0.1, 0.15) is 5.75 Å². The van der Waals surface area contributed by atoms with Crippen LogP contribution in [0.4, 0.5) is 0 Å². The molecule has 1 fully saturated rings. The van der Waals surface area contributed by atoms with E-state index in [0.29, 0.717) is 6.10 Å². The lowest BCUT2D eigenvalue weighted by atomic mass is 10.1. The predicted octanol–water partition coefficient (Wildman–Crippen LogP) is 3.99. The summed E-state index contributed by atoms with van der Waals surface area (Å²) >= 11 is 0. The second-order valence-corrected chi connectivity index (χ2v) is 4.81. The van der Waals surface area contributed by atoms with Crippen LogP contribution in [-0.2, 0) is 0 Å². The van der Waals surface area contributed by atoms with E-state index in [0.717, 1.165) is 24.2 Å². The minimum atomic E-state index is 0.103. The lowest BCUT2D eigenvalue weighted by Gasteiger charge is -2.16. The fraction of sp³-hybridized carbons (Fsp3) is 0.533. The minimum Gasteiger partial charge on any atom is -0.490 e. The zero-order valence-corrected chi connectivity index (χ0v) is 10.4. The van der Waals surface area contributed by atoms with Crippen LogP contribution in [0.25, 0.3) is 0 Å². The smallest absolute Gasteiger partial charge is 0.159 e. The van der Waals surface area contributed by atoms with E-state index in [-0.39, 0.29) is 5.78 Å². The highest BCUT2D eigenvalue weighted by Gasteiger charge is 2.13. The third kappa shape index (κ3) is 3.58. The fourth-order valence-electron chi connectivity index (χ4n) is 2.32. The summed E-state index contributed by atoms with van der Waals surface area (Å²) in [6, 6.07) is 7.49. The second kappa shape index (κ2) is 5.85. The molecule has 1 aliphatic rings. The Balaban J connectivity index is 1.95. The highest BCUT2D eigenvalue weighted by molar-refractivity contribution is 5.94. The Labute approximate surface area is 103 Å². The van der Waals surface area contributed by atoms with E-state index in [2.05, 4.69) is 0 Å². The van der Waals surface area contributed by atoms with Gasteiger partial charge in [0.2, 0.25) is 0 Å². The Morgan fingerprint density at radius 1 is 1.06 bits per heavy atom. The molecule has 0 aromatic heterocycles. The van der Waals surface area contributed by atoms with Crippen LogP contribution in [0.1, 0.15) is 55.8 Å². The summed E-state index contributed by atoms with van der Waals surface area (Å²) in [5.74, 6) is 0.993. The number of carbonyl (C=O) groups is 1. The van der Waals surface area contributed by atoms with E-state index >= 15 is 0 Å². The summed E-state index contributed by atoms with van der Waals surface area (Å²) in [5, 5.41) is 0. The zero-order valence-electron chi connectivity index (χ0n) is 10.4. The maximum atomic E-state index is 11.2. The molecular weight excluding hydrogens is 212 g/mol. The molecule has 2 heteroatoms. The average Bonchev–Trinajstić information content (AvgIpc) is 2.58. The molecule has 2 nitrogen and oxygen atoms in total. The van der Waals surface area contributed by atoms with Crippen molar-refractivity contribution in [2.24, 2.45) is 0 Å². The summed E-state index contributed by atoms with van der Waals surface area (Å²) in [4.78, 5) is 11.2. The number of Topliss-reactive ketones (excluding diaryl/α,β-unsaturated/α-hetero) is 1. The molecule has 1 aliphatic carbocycles. The maximum Gasteiger partial charge on any atom is 0.159 e. The molecule has 17 heavy (non-hydrogen) atoms. The van der Waals surface area contributed by atoms with Crippen molar-refractivity contribution in [3.8, 4) is 5.75 Å². The molecule has 0 amide bonds. The predicted molar refractivity (Wildman–Crippen MR) is 68.6 cm³/mol. The minimum absolute atomic E-state index is 0.103. The normalized spacial score (nSPS) is 17.5. The highest BCUT2D eigenvalue weighted by Crippen LogP contribution is 2.23. The molecule has 0 unspecified atom stereocenters. The number of rotatable bonds is 3. The van der Waals surface area contributed by atoms with E-state index in [4.69, 9.17) is 4.74 Å². The molecule has 0 radical (unpaired) electrons. The standard InChI is InChI=1S/C15H20O2/c1-12(16)13-8-10-15(11-9-13)17-14-6-4-2-3-5-7-14/h8-11,14H,2-7H2,1H3. The zero-order chi connectivity index (χ0) is 12.1. The van der Waals surface area contributed by atoms with Crippen molar-refractivity contribution in [2.45, 2.75) is 51.6 Å². The van der Waals surface area contributed by atoms with Gasteiger partial charge in [0, 0.05) is 5.56 Å². The first-order chi connectivity index (χ1) is 8.25. The molecule has 0 atom stereocenters. The average molecular weight is 232 g/mol. The second-order valence-electron chi connectivity index (χ2n) is 4.81. The van der Waals surface area contributed by atoms with Gasteiger partial charge in [-0.2, -0.15) is 0 Å². The third-order valence-corrected chi connectivity index (χ3v) is 3.37. The molecule has 1 aromatic carbocycles. The van der Waals surface area contributed by atoms with Crippen LogP contribution < -0.4 is 4.74 Å². The Kier molecular flexibility index (Phi) is 4.18. The van der Waals surface area contributed by atoms with E-state index in [1.807, 2.05) is 24.3 Å². The van der Waals surface area contributed by atoms with Crippen LogP contribution in [0, 0.1) is 0 Å². The molecule has 1 aromatic rings. The first-order valence-electron chi connectivity index (χ1n) is 6.53. The maximum absolute atomic E-state index is 11.2. The summed E-state index contributed by atoms with van der Waals surface area (Å²) in [6.45, 7) is 1.58. The monoisotopic (exact) mass is 232 g/mol. The Hall–Kier alpha value is -1.31. The molecule has 0 heterocycles. The molecule has 0 N–H and O–H groups in total. The molecular formula is C15H20O2. The van der Waals surface area contributed by atoms with Crippen LogP contribution in [0.15, 0.2) is 24.3 Å². The third-order valence-electron chi connectivity index (χ3n) is 3.37. The number of hydrogen-bond acceptors (Lipinski definition) is 2. The molecule has 0 spiro atoms. The van der Waals surface area contributed by atoms with Gasteiger partial charge in [-0.1, -0.05) is 12.8 Å². The fourth-order valence-corrected chi connectivity index (χ4v) is 2.32. The van der Waals surface area contributed by atoms with Crippen LogP contribution in [0.5, 0.6) is 5.75 Å². The van der Waals surface area contributed by atoms with Crippen LogP contribution in [0.2, 0.25) is 0 Å². The van der Waals surface area contributed by atoms with Gasteiger partial charge in [-0.15, -0.1) is 0 Å². The topological polar surface area (TPSA) is 26.3 Å². The van der Waals surface area contributed by atoms with Gasteiger partial charge >= 0.3 is 0 Å². The molecule has 0 saturated heterocycles. The van der Waals surface area contributed by atoms with Crippen molar-refractivity contribution in [2.75, 3.05) is 0 Å². The van der Waals surface area contributed by atoms with E-state index < -0.39 is 0 Å². The molecule has 92 valence electrons. The molecule has 0 aliphatic heterocycles. The van der Waals surface area contributed by atoms with Gasteiger partial charge in [0.15, 0.2) is 5.78 Å². The van der Waals surface area contributed by atoms with Crippen LogP contribution in [-0.4, -0.2) is 11.9 Å². The SMILES string of the molecule is CC(=O)c1ccc(OC2CCCCCC2)cc1. The van der Waals surface area contributed by atoms with Crippen molar-refractivity contribution in [3.63, 3.8) is 0 Å². The Bertz CT molecular complexity index is 359. The van der Waals surface area contributed by atoms with Crippen LogP contribution >= 0.6 is 0 Å². The van der Waals surface area contributed by atoms with Crippen molar-refractivity contribution in [1.82, 2.24) is 0 Å². The van der Waals surface area contributed by atoms with Gasteiger partial charge < -0.3 is 4.74 Å². The first-order valence-corrected chi connectivity index (χ1v) is 6.53. The number of carbonyl (C=O) groups excluding carboxylic acids is 1. The largest absolute Gasteiger partial charge is 0.490 e. The van der Waals surface area contributed by atoms with Gasteiger partial charge in [-0.3, -0.25) is 4.79 Å². The molecule has 2 rings (SSSR count). The summed E-state index contributed by atoms with van der Waals surface area (Å²) < 4.78 is 5.96. The molecule has 0 bridgehead atoms. The van der Waals surface area contributed by atoms with Crippen molar-refractivity contribution in [1.29, 1.82) is 0 Å². The van der Waals surface area contributed by atoms with Crippen molar-refractivity contribution >= 4 is 5.78 Å². The number of ketones is 1. The molecule has 1 saturated carbocycles. The quantitative estimate of drug-likeness (QED) is 0.582. The van der Waals surface area contributed by atoms with E-state index in [1.165, 1.54) is 25.7 Å². The van der Waals surface area contributed by atoms with Gasteiger partial charge in [-0.05, 0) is 56.9 Å². The first kappa shape index (κ1) is 12.2. The van der Waals surface area contributed by atoms with Crippen molar-refractivity contribution < 1.29 is 9.53 Å².